The summed E-state index contributed by atoms with van der Waals surface area (Å²) >= 11 is 0. The van der Waals surface area contributed by atoms with E-state index in [4.69, 9.17) is 10.00 Å². The maximum absolute atomic E-state index is 12.6. The highest BCUT2D eigenvalue weighted by Gasteiger charge is 2.34. The number of carbonyl (C=O) groups is 2. The number of rotatable bonds is 6. The summed E-state index contributed by atoms with van der Waals surface area (Å²) in [6, 6.07) is 11.3. The van der Waals surface area contributed by atoms with Gasteiger partial charge in [-0.2, -0.15) is 5.26 Å². The summed E-state index contributed by atoms with van der Waals surface area (Å²) in [4.78, 5) is 28.5. The number of carbonyl (C=O) groups excluding carboxylic acids is 2. The molecule has 0 radical (unpaired) electrons. The number of morpholine rings is 1. The Kier molecular flexibility index (Phi) is 6.54. The molecule has 0 atom stereocenters. The number of nitriles is 1. The summed E-state index contributed by atoms with van der Waals surface area (Å²) in [5.41, 5.74) is 0.403. The van der Waals surface area contributed by atoms with Crippen LogP contribution in [-0.2, 0) is 14.3 Å². The van der Waals surface area contributed by atoms with E-state index in [1.165, 1.54) is 0 Å². The molecule has 25 heavy (non-hydrogen) atoms. The largest absolute Gasteiger partial charge is 0.377 e. The van der Waals surface area contributed by atoms with Crippen LogP contribution in [0.5, 0.6) is 0 Å². The lowest BCUT2D eigenvalue weighted by Gasteiger charge is -2.42. The normalized spacial score (nSPS) is 16.1. The molecule has 0 N–H and O–H groups in total. The number of hydrogen-bond acceptors (Lipinski definition) is 4. The first-order valence-electron chi connectivity index (χ1n) is 8.56. The monoisotopic (exact) mass is 343 g/mol. The molecule has 0 bridgehead atoms. The Morgan fingerprint density at radius 1 is 1.28 bits per heavy atom. The van der Waals surface area contributed by atoms with Gasteiger partial charge in [-0.05, 0) is 26.0 Å². The summed E-state index contributed by atoms with van der Waals surface area (Å²) in [6.07, 6.45) is 0.551. The van der Waals surface area contributed by atoms with Gasteiger partial charge in [-0.25, -0.2) is 0 Å². The van der Waals surface area contributed by atoms with Gasteiger partial charge in [-0.1, -0.05) is 18.2 Å². The highest BCUT2D eigenvalue weighted by Crippen LogP contribution is 2.21. The third-order valence-corrected chi connectivity index (χ3v) is 4.32. The third kappa shape index (κ3) is 5.04. The van der Waals surface area contributed by atoms with Crippen molar-refractivity contribution in [2.24, 2.45) is 0 Å². The molecule has 6 nitrogen and oxygen atoms in total. The van der Waals surface area contributed by atoms with E-state index in [0.29, 0.717) is 26.3 Å². The zero-order valence-electron chi connectivity index (χ0n) is 14.9. The number of nitrogens with zero attached hydrogens (tertiary/aromatic N) is 3. The molecule has 2 amide bonds. The first-order valence-corrected chi connectivity index (χ1v) is 8.56. The van der Waals surface area contributed by atoms with Crippen LogP contribution in [0.4, 0.5) is 5.69 Å². The van der Waals surface area contributed by atoms with Crippen molar-refractivity contribution < 1.29 is 14.3 Å². The minimum absolute atomic E-state index is 0.0325. The molecule has 1 aliphatic heterocycles. The smallest absolute Gasteiger partial charge is 0.227 e. The summed E-state index contributed by atoms with van der Waals surface area (Å²) in [6.45, 7) is 5.85. The quantitative estimate of drug-likeness (QED) is 0.795. The van der Waals surface area contributed by atoms with E-state index >= 15 is 0 Å². The molecule has 0 saturated carbocycles. The van der Waals surface area contributed by atoms with Crippen molar-refractivity contribution in [1.82, 2.24) is 4.90 Å². The van der Waals surface area contributed by atoms with E-state index in [9.17, 15) is 9.59 Å². The van der Waals surface area contributed by atoms with Gasteiger partial charge in [0.15, 0.2) is 0 Å². The lowest BCUT2D eigenvalue weighted by atomic mass is 10.0. The van der Waals surface area contributed by atoms with Crippen LogP contribution in [0, 0.1) is 11.3 Å². The minimum Gasteiger partial charge on any atom is -0.377 e. The molecule has 2 rings (SSSR count). The second-order valence-corrected chi connectivity index (χ2v) is 6.70. The van der Waals surface area contributed by atoms with Crippen LogP contribution < -0.4 is 4.90 Å². The topological polar surface area (TPSA) is 73.6 Å². The molecule has 1 aromatic carbocycles. The van der Waals surface area contributed by atoms with E-state index in [2.05, 4.69) is 6.07 Å². The van der Waals surface area contributed by atoms with Crippen molar-refractivity contribution in [3.8, 4) is 6.07 Å². The average Bonchev–Trinajstić information content (AvgIpc) is 2.60. The molecule has 1 aromatic rings. The van der Waals surface area contributed by atoms with E-state index in [-0.39, 0.29) is 36.6 Å². The van der Waals surface area contributed by atoms with Crippen molar-refractivity contribution >= 4 is 17.5 Å². The number of hydrogen-bond donors (Lipinski definition) is 0. The highest BCUT2D eigenvalue weighted by molar-refractivity contribution is 5.95. The minimum atomic E-state index is -0.349. The van der Waals surface area contributed by atoms with Gasteiger partial charge in [0.05, 0.1) is 31.2 Å². The van der Waals surface area contributed by atoms with E-state index in [1.807, 2.05) is 44.2 Å². The van der Waals surface area contributed by atoms with Crippen LogP contribution >= 0.6 is 0 Å². The molecule has 0 unspecified atom stereocenters. The van der Waals surface area contributed by atoms with Gasteiger partial charge < -0.3 is 14.5 Å². The zero-order valence-corrected chi connectivity index (χ0v) is 14.9. The number of ether oxygens (including phenoxy) is 1. The zero-order chi connectivity index (χ0) is 18.3. The molecule has 1 heterocycles. The molecular weight excluding hydrogens is 318 g/mol. The second kappa shape index (κ2) is 8.63. The van der Waals surface area contributed by atoms with Crippen molar-refractivity contribution in [2.45, 2.75) is 38.6 Å². The highest BCUT2D eigenvalue weighted by atomic mass is 16.5. The van der Waals surface area contributed by atoms with Crippen LogP contribution in [-0.4, -0.2) is 48.6 Å². The van der Waals surface area contributed by atoms with Crippen molar-refractivity contribution in [2.75, 3.05) is 31.2 Å². The lowest BCUT2D eigenvalue weighted by molar-refractivity contribution is -0.147. The standard InChI is InChI=1S/C19H25N3O3/c1-19(2)15-25-14-13-22(19)18(24)10-9-17(23)21(12-6-11-20)16-7-4-3-5-8-16/h3-5,7-8H,6,9-10,12-15H2,1-2H3. The van der Waals surface area contributed by atoms with Gasteiger partial charge in [-0.3, -0.25) is 9.59 Å². The summed E-state index contributed by atoms with van der Waals surface area (Å²) in [7, 11) is 0. The van der Waals surface area contributed by atoms with E-state index in [1.54, 1.807) is 9.80 Å². The van der Waals surface area contributed by atoms with Gasteiger partial charge >= 0.3 is 0 Å². The van der Waals surface area contributed by atoms with Crippen molar-refractivity contribution in [3.63, 3.8) is 0 Å². The lowest BCUT2D eigenvalue weighted by Crippen LogP contribution is -2.55. The van der Waals surface area contributed by atoms with Crippen LogP contribution in [0.15, 0.2) is 30.3 Å². The predicted molar refractivity (Wildman–Crippen MR) is 94.9 cm³/mol. The number of benzene rings is 1. The summed E-state index contributed by atoms with van der Waals surface area (Å²) in [5, 5.41) is 8.83. The molecule has 134 valence electrons. The fourth-order valence-corrected chi connectivity index (χ4v) is 2.97. The Morgan fingerprint density at radius 2 is 2.00 bits per heavy atom. The summed E-state index contributed by atoms with van der Waals surface area (Å²) < 4.78 is 5.43. The van der Waals surface area contributed by atoms with Gasteiger partial charge in [0.1, 0.15) is 0 Å². The van der Waals surface area contributed by atoms with E-state index in [0.717, 1.165) is 5.69 Å². The van der Waals surface area contributed by atoms with Crippen LogP contribution in [0.1, 0.15) is 33.1 Å². The molecule has 0 spiro atoms. The number of amides is 2. The molecule has 0 aromatic heterocycles. The van der Waals surface area contributed by atoms with Crippen LogP contribution in [0.3, 0.4) is 0 Å². The predicted octanol–water partition coefficient (Wildman–Crippen LogP) is 2.35. The van der Waals surface area contributed by atoms with Crippen molar-refractivity contribution in [1.29, 1.82) is 5.26 Å². The summed E-state index contributed by atoms with van der Waals surface area (Å²) in [5.74, 6) is -0.171. The van der Waals surface area contributed by atoms with Gasteiger partial charge in [0.2, 0.25) is 11.8 Å². The van der Waals surface area contributed by atoms with E-state index < -0.39 is 0 Å². The Bertz CT molecular complexity index is 637. The molecule has 1 aliphatic rings. The maximum atomic E-state index is 12.6. The Morgan fingerprint density at radius 3 is 2.64 bits per heavy atom. The second-order valence-electron chi connectivity index (χ2n) is 6.70. The van der Waals surface area contributed by atoms with Crippen LogP contribution in [0.25, 0.3) is 0 Å². The fraction of sp³-hybridized carbons (Fsp3) is 0.526. The van der Waals surface area contributed by atoms with Crippen LogP contribution in [0.2, 0.25) is 0 Å². The van der Waals surface area contributed by atoms with Gasteiger partial charge in [0.25, 0.3) is 0 Å². The maximum Gasteiger partial charge on any atom is 0.227 e. The number of anilines is 1. The number of para-hydroxylation sites is 1. The Hall–Kier alpha value is -2.39. The SMILES string of the molecule is CC1(C)COCCN1C(=O)CCC(=O)N(CCC#N)c1ccccc1. The molecule has 6 heteroatoms. The molecular formula is C19H25N3O3. The Labute approximate surface area is 149 Å². The molecule has 1 saturated heterocycles. The van der Waals surface area contributed by atoms with Gasteiger partial charge in [-0.15, -0.1) is 0 Å². The average molecular weight is 343 g/mol. The van der Waals surface area contributed by atoms with Crippen molar-refractivity contribution in [3.05, 3.63) is 30.3 Å². The third-order valence-electron chi connectivity index (χ3n) is 4.32. The first-order chi connectivity index (χ1) is 12.0. The fourth-order valence-electron chi connectivity index (χ4n) is 2.97. The molecule has 1 fully saturated rings. The van der Waals surface area contributed by atoms with Gasteiger partial charge in [0, 0.05) is 31.6 Å². The Balaban J connectivity index is 1.98. The molecule has 0 aliphatic carbocycles. The first kappa shape index (κ1) is 18.9.